The van der Waals surface area contributed by atoms with Gasteiger partial charge in [-0.15, -0.1) is 5.10 Å². The Labute approximate surface area is 150 Å². The second-order valence-corrected chi connectivity index (χ2v) is 7.57. The minimum atomic E-state index is -0.508. The van der Waals surface area contributed by atoms with Crippen molar-refractivity contribution in [1.82, 2.24) is 29.5 Å². The number of aryl methyl sites for hydroxylation is 2. The third-order valence-corrected chi connectivity index (χ3v) is 4.00. The molecule has 0 N–H and O–H groups in total. The van der Waals surface area contributed by atoms with Crippen molar-refractivity contribution in [2.75, 3.05) is 0 Å². The summed E-state index contributed by atoms with van der Waals surface area (Å²) in [6.07, 6.45) is 3.24. The Morgan fingerprint density at radius 2 is 1.96 bits per heavy atom. The molecule has 0 unspecified atom stereocenters. The maximum Gasteiger partial charge on any atom is 0.219 e. The van der Waals surface area contributed by atoms with Gasteiger partial charge in [0.25, 0.3) is 0 Å². The summed E-state index contributed by atoms with van der Waals surface area (Å²) in [5, 5.41) is 8.90. The molecule has 0 spiro atoms. The van der Waals surface area contributed by atoms with Crippen LogP contribution < -0.4 is 0 Å². The maximum atomic E-state index is 13.9. The lowest BCUT2D eigenvalue weighted by molar-refractivity contribution is 0.374. The molecule has 1 aromatic carbocycles. The van der Waals surface area contributed by atoms with E-state index in [2.05, 4.69) is 40.9 Å². The van der Waals surface area contributed by atoms with Crippen LogP contribution in [0.4, 0.5) is 4.39 Å². The Bertz CT molecular complexity index is 893. The first kappa shape index (κ1) is 17.5. The van der Waals surface area contributed by atoms with Gasteiger partial charge in [-0.2, -0.15) is 5.10 Å². The van der Waals surface area contributed by atoms with E-state index in [0.717, 1.165) is 6.42 Å². The molecular formula is C17H20ClFN6. The molecule has 8 heteroatoms. The highest BCUT2D eigenvalue weighted by molar-refractivity contribution is 6.30. The van der Waals surface area contributed by atoms with E-state index < -0.39 is 5.82 Å². The summed E-state index contributed by atoms with van der Waals surface area (Å²) in [5.41, 5.74) is 0.695. The fourth-order valence-corrected chi connectivity index (χ4v) is 2.45. The highest BCUT2D eigenvalue weighted by Crippen LogP contribution is 2.24. The average molecular weight is 363 g/mol. The molecule has 132 valence electrons. The number of halogens is 2. The van der Waals surface area contributed by atoms with Gasteiger partial charge < -0.3 is 0 Å². The lowest BCUT2D eigenvalue weighted by Gasteiger charge is -2.16. The summed E-state index contributed by atoms with van der Waals surface area (Å²) in [5.74, 6) is 1.08. The van der Waals surface area contributed by atoms with Crippen molar-refractivity contribution >= 4 is 11.6 Å². The van der Waals surface area contributed by atoms with E-state index in [1.165, 1.54) is 12.1 Å². The summed E-state index contributed by atoms with van der Waals surface area (Å²) in [4.78, 5) is 8.83. The van der Waals surface area contributed by atoms with Crippen molar-refractivity contribution in [3.8, 4) is 17.3 Å². The van der Waals surface area contributed by atoms with Crippen LogP contribution in [-0.2, 0) is 13.5 Å². The molecule has 2 aromatic heterocycles. The standard InChI is InChI=1S/C17H20ClFN6/c1-17(2,3)8-7-14-21-16(15-20-10-24(4)23-15)25(22-14)11-5-6-12(18)13(19)9-11/h5-6,9-10H,7-8H2,1-4H3. The quantitative estimate of drug-likeness (QED) is 0.707. The largest absolute Gasteiger partial charge is 0.255 e. The number of hydrogen-bond donors (Lipinski definition) is 0. The molecule has 0 aliphatic carbocycles. The number of nitrogens with zero attached hydrogens (tertiary/aromatic N) is 6. The molecule has 0 saturated carbocycles. The molecule has 6 nitrogen and oxygen atoms in total. The van der Waals surface area contributed by atoms with Crippen LogP contribution in [0.5, 0.6) is 0 Å². The first-order valence-electron chi connectivity index (χ1n) is 8.00. The van der Waals surface area contributed by atoms with E-state index in [1.807, 2.05) is 0 Å². The predicted molar refractivity (Wildman–Crippen MR) is 94.1 cm³/mol. The van der Waals surface area contributed by atoms with Gasteiger partial charge in [0, 0.05) is 19.5 Å². The Morgan fingerprint density at radius 3 is 2.56 bits per heavy atom. The first-order chi connectivity index (χ1) is 11.7. The second-order valence-electron chi connectivity index (χ2n) is 7.16. The highest BCUT2D eigenvalue weighted by atomic mass is 35.5. The van der Waals surface area contributed by atoms with Gasteiger partial charge in [0.1, 0.15) is 12.1 Å². The fraction of sp³-hybridized carbons (Fsp3) is 0.412. The molecule has 3 rings (SSSR count). The van der Waals surface area contributed by atoms with E-state index in [9.17, 15) is 4.39 Å². The van der Waals surface area contributed by atoms with Gasteiger partial charge >= 0.3 is 0 Å². The van der Waals surface area contributed by atoms with Gasteiger partial charge in [-0.25, -0.2) is 19.0 Å². The van der Waals surface area contributed by atoms with E-state index in [-0.39, 0.29) is 10.4 Å². The molecule has 0 aliphatic rings. The summed E-state index contributed by atoms with van der Waals surface area (Å²) in [6, 6.07) is 4.52. The predicted octanol–water partition coefficient (Wildman–Crippen LogP) is 3.83. The van der Waals surface area contributed by atoms with Crippen molar-refractivity contribution in [3.63, 3.8) is 0 Å². The van der Waals surface area contributed by atoms with E-state index in [4.69, 9.17) is 11.6 Å². The monoisotopic (exact) mass is 362 g/mol. The van der Waals surface area contributed by atoms with Gasteiger partial charge in [-0.05, 0) is 24.0 Å². The fourth-order valence-electron chi connectivity index (χ4n) is 2.33. The number of rotatable bonds is 4. The summed E-state index contributed by atoms with van der Waals surface area (Å²) >= 11 is 5.79. The summed E-state index contributed by atoms with van der Waals surface area (Å²) in [7, 11) is 1.78. The summed E-state index contributed by atoms with van der Waals surface area (Å²) in [6.45, 7) is 6.50. The lowest BCUT2D eigenvalue weighted by atomic mass is 9.90. The van der Waals surface area contributed by atoms with E-state index in [0.29, 0.717) is 29.6 Å². The SMILES string of the molecule is Cn1cnc(-c2nc(CCC(C)(C)C)nn2-c2ccc(Cl)c(F)c2)n1. The van der Waals surface area contributed by atoms with E-state index in [1.54, 1.807) is 28.8 Å². The first-order valence-corrected chi connectivity index (χ1v) is 8.38. The third kappa shape index (κ3) is 4.04. The molecule has 0 radical (unpaired) electrons. The maximum absolute atomic E-state index is 13.9. The minimum absolute atomic E-state index is 0.0642. The molecule has 0 aliphatic heterocycles. The Kier molecular flexibility index (Phi) is 4.60. The highest BCUT2D eigenvalue weighted by Gasteiger charge is 2.19. The average Bonchev–Trinajstić information content (AvgIpc) is 3.13. The Balaban J connectivity index is 2.05. The lowest BCUT2D eigenvalue weighted by Crippen LogP contribution is -2.07. The van der Waals surface area contributed by atoms with Crippen molar-refractivity contribution in [1.29, 1.82) is 0 Å². The molecule has 0 saturated heterocycles. The molecule has 3 aromatic rings. The van der Waals surface area contributed by atoms with Gasteiger partial charge in [0.15, 0.2) is 5.82 Å². The third-order valence-electron chi connectivity index (χ3n) is 3.70. The zero-order chi connectivity index (χ0) is 18.2. The molecule has 2 heterocycles. The Morgan fingerprint density at radius 1 is 1.20 bits per heavy atom. The topological polar surface area (TPSA) is 61.4 Å². The van der Waals surface area contributed by atoms with Gasteiger partial charge in [0.05, 0.1) is 10.7 Å². The second kappa shape index (κ2) is 6.55. The van der Waals surface area contributed by atoms with Crippen LogP contribution in [0.15, 0.2) is 24.5 Å². The van der Waals surface area contributed by atoms with Crippen molar-refractivity contribution < 1.29 is 4.39 Å². The zero-order valence-electron chi connectivity index (χ0n) is 14.7. The van der Waals surface area contributed by atoms with Crippen molar-refractivity contribution in [2.24, 2.45) is 12.5 Å². The van der Waals surface area contributed by atoms with Crippen LogP contribution in [-0.4, -0.2) is 29.5 Å². The summed E-state index contributed by atoms with van der Waals surface area (Å²) < 4.78 is 17.0. The minimum Gasteiger partial charge on any atom is -0.255 e. The van der Waals surface area contributed by atoms with Crippen LogP contribution in [0, 0.1) is 11.2 Å². The number of hydrogen-bond acceptors (Lipinski definition) is 4. The van der Waals surface area contributed by atoms with Gasteiger partial charge in [-0.1, -0.05) is 32.4 Å². The van der Waals surface area contributed by atoms with E-state index >= 15 is 0 Å². The molecule has 0 atom stereocenters. The molecular weight excluding hydrogens is 343 g/mol. The molecule has 25 heavy (non-hydrogen) atoms. The van der Waals surface area contributed by atoms with Gasteiger partial charge in [0.2, 0.25) is 11.6 Å². The van der Waals surface area contributed by atoms with Crippen LogP contribution in [0.1, 0.15) is 33.0 Å². The van der Waals surface area contributed by atoms with Crippen LogP contribution in [0.2, 0.25) is 5.02 Å². The smallest absolute Gasteiger partial charge is 0.219 e. The molecule has 0 amide bonds. The van der Waals surface area contributed by atoms with Crippen molar-refractivity contribution in [3.05, 3.63) is 41.2 Å². The van der Waals surface area contributed by atoms with Crippen LogP contribution in [0.3, 0.4) is 0 Å². The van der Waals surface area contributed by atoms with Crippen molar-refractivity contribution in [2.45, 2.75) is 33.6 Å². The molecule has 0 fully saturated rings. The Hall–Kier alpha value is -2.28. The number of benzene rings is 1. The zero-order valence-corrected chi connectivity index (χ0v) is 15.4. The van der Waals surface area contributed by atoms with Crippen LogP contribution in [0.25, 0.3) is 17.3 Å². The van der Waals surface area contributed by atoms with Crippen LogP contribution >= 0.6 is 11.6 Å². The molecule has 0 bridgehead atoms. The number of aromatic nitrogens is 6. The normalized spacial score (nSPS) is 11.9. The van der Waals surface area contributed by atoms with Gasteiger partial charge in [-0.3, -0.25) is 4.68 Å².